The lowest BCUT2D eigenvalue weighted by atomic mass is 9.59. The number of hydrogen-bond donors (Lipinski definition) is 2. The van der Waals surface area contributed by atoms with E-state index in [-0.39, 0.29) is 11.6 Å². The van der Waals surface area contributed by atoms with Gasteiger partial charge in [0.05, 0.1) is 11.0 Å². The zero-order valence-electron chi connectivity index (χ0n) is 17.3. The zero-order valence-corrected chi connectivity index (χ0v) is 17.3. The van der Waals surface area contributed by atoms with Crippen LogP contribution in [0.2, 0.25) is 0 Å². The number of hydrogen-bond acceptors (Lipinski definition) is 2. The molecule has 1 atom stereocenters. The summed E-state index contributed by atoms with van der Waals surface area (Å²) in [5.41, 5.74) is 7.54. The molecule has 0 fully saturated rings. The lowest BCUT2D eigenvalue weighted by Crippen LogP contribution is -2.39. The lowest BCUT2D eigenvalue weighted by Gasteiger charge is -2.45. The summed E-state index contributed by atoms with van der Waals surface area (Å²) in [6, 6.07) is 22.9. The minimum Gasteiger partial charge on any atom is -0.352 e. The van der Waals surface area contributed by atoms with Gasteiger partial charge < -0.3 is 10.3 Å². The van der Waals surface area contributed by atoms with Gasteiger partial charge in [-0.3, -0.25) is 9.36 Å². The number of nitrogens with one attached hydrogen (secondary N) is 2. The smallest absolute Gasteiger partial charge is 0.326 e. The Balaban J connectivity index is 1.27. The average Bonchev–Trinajstić information content (AvgIpc) is 3.10. The molecule has 5 heteroatoms. The monoisotopic (exact) mass is 409 g/mol. The molecule has 2 bridgehead atoms. The molecule has 154 valence electrons. The fourth-order valence-corrected chi connectivity index (χ4v) is 5.66. The van der Waals surface area contributed by atoms with Gasteiger partial charge in [0.2, 0.25) is 0 Å². The number of aryl methyl sites for hydroxylation is 1. The van der Waals surface area contributed by atoms with Crippen molar-refractivity contribution in [3.63, 3.8) is 0 Å². The molecule has 2 N–H and O–H groups in total. The second-order valence-corrected chi connectivity index (χ2v) is 8.71. The Bertz CT molecular complexity index is 1350. The Labute approximate surface area is 179 Å². The van der Waals surface area contributed by atoms with Crippen molar-refractivity contribution in [2.75, 3.05) is 6.54 Å². The first-order valence-corrected chi connectivity index (χ1v) is 10.8. The standard InChI is InChI=1S/C26H23N3O2/c1-29-23-11-10-15(13-22(23)28-26(29)31)25(30)27-14-16-12-21-17-6-2-4-8-19(17)24(16)20-9-5-3-7-18(20)21/h2-11,13,16,21,24H,12,14H2,1H3,(H,27,30)(H,28,31). The molecule has 0 saturated heterocycles. The predicted octanol–water partition coefficient (Wildman–Crippen LogP) is 3.89. The molecular formula is C26H23N3O2. The molecule has 3 aliphatic rings. The molecule has 0 aliphatic heterocycles. The number of amides is 1. The van der Waals surface area contributed by atoms with Crippen molar-refractivity contribution in [3.8, 4) is 0 Å². The lowest BCUT2D eigenvalue weighted by molar-refractivity contribution is 0.0943. The number of rotatable bonds is 3. The first-order valence-electron chi connectivity index (χ1n) is 10.8. The second-order valence-electron chi connectivity index (χ2n) is 8.71. The number of aromatic amines is 1. The molecule has 31 heavy (non-hydrogen) atoms. The van der Waals surface area contributed by atoms with E-state index in [0.717, 1.165) is 11.9 Å². The van der Waals surface area contributed by atoms with E-state index in [2.05, 4.69) is 58.8 Å². The molecule has 1 unspecified atom stereocenters. The maximum Gasteiger partial charge on any atom is 0.326 e. The number of benzene rings is 3. The predicted molar refractivity (Wildman–Crippen MR) is 121 cm³/mol. The van der Waals surface area contributed by atoms with Gasteiger partial charge in [-0.05, 0) is 52.8 Å². The van der Waals surface area contributed by atoms with Gasteiger partial charge in [0, 0.05) is 31.0 Å². The molecule has 4 aromatic rings. The Hall–Kier alpha value is -3.60. The molecular weight excluding hydrogens is 386 g/mol. The van der Waals surface area contributed by atoms with Crippen LogP contribution in [-0.4, -0.2) is 22.0 Å². The summed E-state index contributed by atoms with van der Waals surface area (Å²) in [7, 11) is 1.72. The maximum atomic E-state index is 12.9. The van der Waals surface area contributed by atoms with Crippen LogP contribution in [0.25, 0.3) is 11.0 Å². The summed E-state index contributed by atoms with van der Waals surface area (Å²) in [4.78, 5) is 27.5. The summed E-state index contributed by atoms with van der Waals surface area (Å²) >= 11 is 0. The van der Waals surface area contributed by atoms with Crippen LogP contribution in [0.3, 0.4) is 0 Å². The molecule has 0 spiro atoms. The Morgan fingerprint density at radius 2 is 1.65 bits per heavy atom. The first-order chi connectivity index (χ1) is 15.1. The molecule has 3 aromatic carbocycles. The minimum atomic E-state index is -0.178. The topological polar surface area (TPSA) is 66.9 Å². The fourth-order valence-electron chi connectivity index (χ4n) is 5.66. The number of aromatic nitrogens is 2. The van der Waals surface area contributed by atoms with Gasteiger partial charge in [-0.25, -0.2) is 4.79 Å². The molecule has 5 nitrogen and oxygen atoms in total. The van der Waals surface area contributed by atoms with Crippen LogP contribution in [0.5, 0.6) is 0 Å². The van der Waals surface area contributed by atoms with Crippen molar-refractivity contribution in [2.24, 2.45) is 13.0 Å². The number of imidazole rings is 1. The average molecular weight is 409 g/mol. The van der Waals surface area contributed by atoms with E-state index in [4.69, 9.17) is 0 Å². The van der Waals surface area contributed by atoms with Gasteiger partial charge in [0.25, 0.3) is 5.91 Å². The van der Waals surface area contributed by atoms with E-state index in [9.17, 15) is 9.59 Å². The maximum absolute atomic E-state index is 12.9. The largest absolute Gasteiger partial charge is 0.352 e. The number of H-pyrrole nitrogens is 1. The third-order valence-electron chi connectivity index (χ3n) is 7.11. The molecule has 1 heterocycles. The number of nitrogens with zero attached hydrogens (tertiary/aromatic N) is 1. The molecule has 1 amide bonds. The van der Waals surface area contributed by atoms with Crippen molar-refractivity contribution in [3.05, 3.63) is 105 Å². The van der Waals surface area contributed by atoms with Crippen LogP contribution in [0.1, 0.15) is 50.9 Å². The van der Waals surface area contributed by atoms with Crippen molar-refractivity contribution < 1.29 is 4.79 Å². The van der Waals surface area contributed by atoms with Crippen LogP contribution in [0, 0.1) is 5.92 Å². The van der Waals surface area contributed by atoms with Gasteiger partial charge in [0.1, 0.15) is 0 Å². The van der Waals surface area contributed by atoms with E-state index < -0.39 is 0 Å². The molecule has 0 radical (unpaired) electrons. The third kappa shape index (κ3) is 2.69. The molecule has 3 aliphatic carbocycles. The first kappa shape index (κ1) is 18.2. The summed E-state index contributed by atoms with van der Waals surface area (Å²) in [5, 5.41) is 3.16. The van der Waals surface area contributed by atoms with Crippen molar-refractivity contribution in [2.45, 2.75) is 18.3 Å². The van der Waals surface area contributed by atoms with Crippen molar-refractivity contribution >= 4 is 16.9 Å². The molecule has 7 rings (SSSR count). The van der Waals surface area contributed by atoms with E-state index in [1.807, 2.05) is 6.07 Å². The highest BCUT2D eigenvalue weighted by Crippen LogP contribution is 2.55. The van der Waals surface area contributed by atoms with E-state index >= 15 is 0 Å². The Morgan fingerprint density at radius 3 is 2.32 bits per heavy atom. The van der Waals surface area contributed by atoms with Gasteiger partial charge in [-0.15, -0.1) is 0 Å². The molecule has 1 aromatic heterocycles. The van der Waals surface area contributed by atoms with Gasteiger partial charge in [-0.1, -0.05) is 48.5 Å². The summed E-state index contributed by atoms with van der Waals surface area (Å²) in [6.07, 6.45) is 1.05. The highest BCUT2D eigenvalue weighted by Gasteiger charge is 2.42. The summed E-state index contributed by atoms with van der Waals surface area (Å²) < 4.78 is 1.55. The number of fused-ring (bicyclic) bond motifs is 2. The van der Waals surface area contributed by atoms with Gasteiger partial charge in [-0.2, -0.15) is 0 Å². The van der Waals surface area contributed by atoms with E-state index in [1.165, 1.54) is 22.3 Å². The van der Waals surface area contributed by atoms with Crippen molar-refractivity contribution in [1.29, 1.82) is 0 Å². The zero-order chi connectivity index (χ0) is 21.1. The Morgan fingerprint density at radius 1 is 1.00 bits per heavy atom. The van der Waals surface area contributed by atoms with Crippen LogP contribution in [0.15, 0.2) is 71.5 Å². The third-order valence-corrected chi connectivity index (χ3v) is 7.11. The van der Waals surface area contributed by atoms with Gasteiger partial charge >= 0.3 is 5.69 Å². The van der Waals surface area contributed by atoms with Crippen molar-refractivity contribution in [1.82, 2.24) is 14.9 Å². The quantitative estimate of drug-likeness (QED) is 0.539. The second kappa shape index (κ2) is 6.71. The van der Waals surface area contributed by atoms with E-state index in [1.54, 1.807) is 23.7 Å². The highest BCUT2D eigenvalue weighted by molar-refractivity contribution is 5.97. The Kier molecular flexibility index (Phi) is 3.93. The van der Waals surface area contributed by atoms with Crippen LogP contribution in [-0.2, 0) is 7.05 Å². The van der Waals surface area contributed by atoms with Crippen LogP contribution < -0.4 is 11.0 Å². The van der Waals surface area contributed by atoms with Crippen LogP contribution >= 0.6 is 0 Å². The summed E-state index contributed by atoms with van der Waals surface area (Å²) in [6.45, 7) is 0.631. The SMILES string of the molecule is Cn1c(=O)[nH]c2cc(C(=O)NCC3CC4c5ccccc5C3c3ccccc34)ccc21. The fraction of sp³-hybridized carbons (Fsp3) is 0.231. The number of carbonyl (C=O) groups excluding carboxylic acids is 1. The normalized spacial score (nSPS) is 21.0. The highest BCUT2D eigenvalue weighted by atomic mass is 16.2. The summed E-state index contributed by atoms with van der Waals surface area (Å²) in [5.74, 6) is 0.962. The molecule has 0 saturated carbocycles. The number of carbonyl (C=O) groups is 1. The minimum absolute atomic E-state index is 0.102. The van der Waals surface area contributed by atoms with Gasteiger partial charge in [0.15, 0.2) is 0 Å². The van der Waals surface area contributed by atoms with E-state index in [0.29, 0.717) is 35.4 Å². The van der Waals surface area contributed by atoms with Crippen LogP contribution in [0.4, 0.5) is 0 Å².